The van der Waals surface area contributed by atoms with E-state index in [1.165, 1.54) is 0 Å². The van der Waals surface area contributed by atoms with E-state index in [9.17, 15) is 4.79 Å². The van der Waals surface area contributed by atoms with Gasteiger partial charge in [-0.25, -0.2) is 0 Å². The number of allylic oxidation sites excluding steroid dienone is 1. The van der Waals surface area contributed by atoms with E-state index in [2.05, 4.69) is 20.8 Å². The summed E-state index contributed by atoms with van der Waals surface area (Å²) in [4.78, 5) is 14.5. The Morgan fingerprint density at radius 2 is 1.65 bits per heavy atom. The van der Waals surface area contributed by atoms with Crippen molar-refractivity contribution in [2.24, 2.45) is 0 Å². The molecule has 1 aliphatic rings. The van der Waals surface area contributed by atoms with E-state index in [-0.39, 0.29) is 5.78 Å². The van der Waals surface area contributed by atoms with E-state index in [1.54, 1.807) is 6.08 Å². The number of anilines is 1. The molecule has 2 aromatic rings. The van der Waals surface area contributed by atoms with Crippen LogP contribution in [0.25, 0.3) is 6.08 Å². The molecule has 23 heavy (non-hydrogen) atoms. The van der Waals surface area contributed by atoms with E-state index in [0.29, 0.717) is 5.56 Å². The van der Waals surface area contributed by atoms with Gasteiger partial charge in [-0.1, -0.05) is 34.1 Å². The van der Waals surface area contributed by atoms with Crippen LogP contribution in [-0.2, 0) is 4.74 Å². The average molecular weight is 372 g/mol. The molecule has 0 radical (unpaired) electrons. The zero-order valence-electron chi connectivity index (χ0n) is 12.7. The Kier molecular flexibility index (Phi) is 5.26. The third-order valence-corrected chi connectivity index (χ3v) is 4.35. The lowest BCUT2D eigenvalue weighted by molar-refractivity contribution is 0.104. The Hall–Kier alpha value is -1.91. The van der Waals surface area contributed by atoms with Crippen molar-refractivity contribution in [3.05, 3.63) is 70.2 Å². The van der Waals surface area contributed by atoms with Crippen LogP contribution in [0.1, 0.15) is 15.9 Å². The largest absolute Gasteiger partial charge is 0.378 e. The zero-order chi connectivity index (χ0) is 16.1. The Morgan fingerprint density at radius 1 is 1.00 bits per heavy atom. The SMILES string of the molecule is O=C(/C=C/c1ccc(Br)cc1)c1ccc(N2CCOCC2)cc1. The summed E-state index contributed by atoms with van der Waals surface area (Å²) < 4.78 is 6.38. The predicted octanol–water partition coefficient (Wildman–Crippen LogP) is 4.18. The van der Waals surface area contributed by atoms with Gasteiger partial charge in [0.2, 0.25) is 0 Å². The molecular weight excluding hydrogens is 354 g/mol. The molecule has 4 heteroatoms. The minimum Gasteiger partial charge on any atom is -0.378 e. The second kappa shape index (κ2) is 7.57. The minimum absolute atomic E-state index is 0.0152. The van der Waals surface area contributed by atoms with Gasteiger partial charge in [0.15, 0.2) is 5.78 Å². The fourth-order valence-electron chi connectivity index (χ4n) is 2.50. The molecule has 0 saturated carbocycles. The molecule has 2 aromatic carbocycles. The fourth-order valence-corrected chi connectivity index (χ4v) is 2.76. The Balaban J connectivity index is 1.66. The van der Waals surface area contributed by atoms with E-state index < -0.39 is 0 Å². The maximum absolute atomic E-state index is 12.2. The molecule has 0 spiro atoms. The van der Waals surface area contributed by atoms with Gasteiger partial charge in [-0.05, 0) is 48.0 Å². The fraction of sp³-hybridized carbons (Fsp3) is 0.211. The van der Waals surface area contributed by atoms with Crippen LogP contribution in [-0.4, -0.2) is 32.1 Å². The van der Waals surface area contributed by atoms with E-state index in [0.717, 1.165) is 42.0 Å². The normalized spacial score (nSPS) is 15.1. The van der Waals surface area contributed by atoms with Gasteiger partial charge in [0.25, 0.3) is 0 Å². The number of morpholine rings is 1. The number of rotatable bonds is 4. The lowest BCUT2D eigenvalue weighted by atomic mass is 10.1. The first-order valence-electron chi connectivity index (χ1n) is 7.63. The summed E-state index contributed by atoms with van der Waals surface area (Å²) in [5.74, 6) is 0.0152. The summed E-state index contributed by atoms with van der Waals surface area (Å²) in [6.07, 6.45) is 3.46. The van der Waals surface area contributed by atoms with Crippen LogP contribution in [0.4, 0.5) is 5.69 Å². The second-order valence-electron chi connectivity index (χ2n) is 5.40. The van der Waals surface area contributed by atoms with Crippen molar-refractivity contribution < 1.29 is 9.53 Å². The lowest BCUT2D eigenvalue weighted by Gasteiger charge is -2.28. The van der Waals surface area contributed by atoms with Crippen LogP contribution >= 0.6 is 15.9 Å². The first-order chi connectivity index (χ1) is 11.2. The van der Waals surface area contributed by atoms with Crippen molar-refractivity contribution in [1.29, 1.82) is 0 Å². The number of ether oxygens (including phenoxy) is 1. The maximum Gasteiger partial charge on any atom is 0.185 e. The van der Waals surface area contributed by atoms with Crippen molar-refractivity contribution in [2.45, 2.75) is 0 Å². The number of hydrogen-bond donors (Lipinski definition) is 0. The molecule has 0 aromatic heterocycles. The lowest BCUT2D eigenvalue weighted by Crippen LogP contribution is -2.36. The number of nitrogens with zero attached hydrogens (tertiary/aromatic N) is 1. The molecular formula is C19H18BrNO2. The quantitative estimate of drug-likeness (QED) is 0.596. The average Bonchev–Trinajstić information content (AvgIpc) is 2.62. The smallest absolute Gasteiger partial charge is 0.185 e. The summed E-state index contributed by atoms with van der Waals surface area (Å²) in [6, 6.07) is 15.6. The number of ketones is 1. The van der Waals surface area contributed by atoms with Gasteiger partial charge in [-0.2, -0.15) is 0 Å². The van der Waals surface area contributed by atoms with E-state index in [1.807, 2.05) is 54.6 Å². The highest BCUT2D eigenvalue weighted by molar-refractivity contribution is 9.10. The summed E-state index contributed by atoms with van der Waals surface area (Å²) in [5.41, 5.74) is 2.85. The van der Waals surface area contributed by atoms with Crippen LogP contribution in [0.2, 0.25) is 0 Å². The number of carbonyl (C=O) groups is 1. The Labute approximate surface area is 144 Å². The van der Waals surface area contributed by atoms with Gasteiger partial charge in [-0.3, -0.25) is 4.79 Å². The standard InChI is InChI=1S/C19H18BrNO2/c20-17-6-1-15(2-7-17)3-10-19(22)16-4-8-18(9-5-16)21-11-13-23-14-12-21/h1-10H,11-14H2/b10-3+. The summed E-state index contributed by atoms with van der Waals surface area (Å²) in [6.45, 7) is 3.32. The molecule has 1 saturated heterocycles. The minimum atomic E-state index is 0.0152. The molecule has 0 aliphatic carbocycles. The highest BCUT2D eigenvalue weighted by Crippen LogP contribution is 2.17. The number of halogens is 1. The maximum atomic E-state index is 12.2. The summed E-state index contributed by atoms with van der Waals surface area (Å²) in [5, 5.41) is 0. The molecule has 0 amide bonds. The van der Waals surface area contributed by atoms with Crippen LogP contribution in [0, 0.1) is 0 Å². The molecule has 0 bridgehead atoms. The predicted molar refractivity (Wildman–Crippen MR) is 97.0 cm³/mol. The van der Waals surface area contributed by atoms with Gasteiger partial charge in [0, 0.05) is 28.8 Å². The first kappa shape index (κ1) is 16.0. The van der Waals surface area contributed by atoms with E-state index >= 15 is 0 Å². The molecule has 0 atom stereocenters. The molecule has 1 fully saturated rings. The highest BCUT2D eigenvalue weighted by Gasteiger charge is 2.11. The monoisotopic (exact) mass is 371 g/mol. The summed E-state index contributed by atoms with van der Waals surface area (Å²) >= 11 is 3.40. The third-order valence-electron chi connectivity index (χ3n) is 3.83. The third kappa shape index (κ3) is 4.30. The van der Waals surface area contributed by atoms with Gasteiger partial charge in [0.05, 0.1) is 13.2 Å². The Bertz CT molecular complexity index is 686. The van der Waals surface area contributed by atoms with Gasteiger partial charge in [-0.15, -0.1) is 0 Å². The molecule has 1 heterocycles. The van der Waals surface area contributed by atoms with Crippen molar-refractivity contribution in [3.63, 3.8) is 0 Å². The number of carbonyl (C=O) groups excluding carboxylic acids is 1. The van der Waals surface area contributed by atoms with Gasteiger partial charge >= 0.3 is 0 Å². The molecule has 3 rings (SSSR count). The first-order valence-corrected chi connectivity index (χ1v) is 8.42. The Morgan fingerprint density at radius 3 is 2.30 bits per heavy atom. The zero-order valence-corrected chi connectivity index (χ0v) is 14.3. The van der Waals surface area contributed by atoms with Crippen LogP contribution in [0.5, 0.6) is 0 Å². The van der Waals surface area contributed by atoms with E-state index in [4.69, 9.17) is 4.74 Å². The molecule has 118 valence electrons. The van der Waals surface area contributed by atoms with Gasteiger partial charge in [0.1, 0.15) is 0 Å². The molecule has 0 N–H and O–H groups in total. The summed E-state index contributed by atoms with van der Waals surface area (Å²) in [7, 11) is 0. The van der Waals surface area contributed by atoms with Crippen molar-refractivity contribution in [1.82, 2.24) is 0 Å². The molecule has 1 aliphatic heterocycles. The number of hydrogen-bond acceptors (Lipinski definition) is 3. The molecule has 3 nitrogen and oxygen atoms in total. The van der Waals surface area contributed by atoms with Crippen molar-refractivity contribution >= 4 is 33.5 Å². The van der Waals surface area contributed by atoms with Crippen molar-refractivity contribution in [2.75, 3.05) is 31.2 Å². The van der Waals surface area contributed by atoms with Crippen LogP contribution in [0.15, 0.2) is 59.1 Å². The number of benzene rings is 2. The van der Waals surface area contributed by atoms with Gasteiger partial charge < -0.3 is 9.64 Å². The highest BCUT2D eigenvalue weighted by atomic mass is 79.9. The van der Waals surface area contributed by atoms with Crippen molar-refractivity contribution in [3.8, 4) is 0 Å². The van der Waals surface area contributed by atoms with Crippen LogP contribution < -0.4 is 4.90 Å². The molecule has 0 unspecified atom stereocenters. The topological polar surface area (TPSA) is 29.5 Å². The second-order valence-corrected chi connectivity index (χ2v) is 6.31. The van der Waals surface area contributed by atoms with Crippen LogP contribution in [0.3, 0.4) is 0 Å².